The highest BCUT2D eigenvalue weighted by atomic mass is 79.9. The fourth-order valence-electron chi connectivity index (χ4n) is 2.47. The van der Waals surface area contributed by atoms with Crippen molar-refractivity contribution in [3.8, 4) is 5.75 Å². The second kappa shape index (κ2) is 8.44. The number of methoxy groups -OCH3 is 1. The van der Waals surface area contributed by atoms with Crippen LogP contribution in [0.3, 0.4) is 0 Å². The quantitative estimate of drug-likeness (QED) is 0.513. The fraction of sp³-hybridized carbons (Fsp3) is 0.0526. The minimum atomic E-state index is -3.95. The fourth-order valence-corrected chi connectivity index (χ4v) is 4.90. The SMILES string of the molecule is COc1ccc(S(=O)(=O)Nc2ccc(Br)cc2)cc1NS(=O)(=O)c1ccccc1. The molecule has 0 saturated carbocycles. The van der Waals surface area contributed by atoms with Crippen molar-refractivity contribution >= 4 is 47.4 Å². The van der Waals surface area contributed by atoms with Gasteiger partial charge in [0, 0.05) is 10.2 Å². The zero-order valence-electron chi connectivity index (χ0n) is 15.2. The van der Waals surface area contributed by atoms with E-state index in [2.05, 4.69) is 25.4 Å². The molecule has 0 bridgehead atoms. The molecular formula is C19H17BrN2O5S2. The van der Waals surface area contributed by atoms with Gasteiger partial charge in [-0.3, -0.25) is 9.44 Å². The molecule has 0 fully saturated rings. The molecule has 0 amide bonds. The third-order valence-electron chi connectivity index (χ3n) is 3.88. The normalized spacial score (nSPS) is 11.7. The minimum Gasteiger partial charge on any atom is -0.495 e. The molecule has 0 unspecified atom stereocenters. The van der Waals surface area contributed by atoms with Crippen molar-refractivity contribution in [2.75, 3.05) is 16.6 Å². The van der Waals surface area contributed by atoms with E-state index < -0.39 is 20.0 Å². The lowest BCUT2D eigenvalue weighted by atomic mass is 10.3. The van der Waals surface area contributed by atoms with Gasteiger partial charge in [0.2, 0.25) is 0 Å². The maximum absolute atomic E-state index is 12.7. The summed E-state index contributed by atoms with van der Waals surface area (Å²) in [7, 11) is -6.51. The van der Waals surface area contributed by atoms with Crippen molar-refractivity contribution in [3.63, 3.8) is 0 Å². The molecule has 0 aromatic heterocycles. The standard InChI is InChI=1S/C19H17BrN2O5S2/c1-27-19-12-11-17(29(25,26)21-15-9-7-14(20)8-10-15)13-18(19)22-28(23,24)16-5-3-2-4-6-16/h2-13,21-22H,1H3. The Bertz CT molecular complexity index is 1210. The largest absolute Gasteiger partial charge is 0.495 e. The van der Waals surface area contributed by atoms with Crippen LogP contribution in [0.15, 0.2) is 87.1 Å². The smallest absolute Gasteiger partial charge is 0.262 e. The molecule has 152 valence electrons. The van der Waals surface area contributed by atoms with Gasteiger partial charge >= 0.3 is 0 Å². The third kappa shape index (κ3) is 5.08. The monoisotopic (exact) mass is 496 g/mol. The van der Waals surface area contributed by atoms with Crippen molar-refractivity contribution in [1.82, 2.24) is 0 Å². The molecule has 10 heteroatoms. The zero-order chi connectivity index (χ0) is 21.1. The third-order valence-corrected chi connectivity index (χ3v) is 7.16. The molecule has 0 atom stereocenters. The van der Waals surface area contributed by atoms with Crippen molar-refractivity contribution in [1.29, 1.82) is 0 Å². The first-order valence-electron chi connectivity index (χ1n) is 8.25. The summed E-state index contributed by atoms with van der Waals surface area (Å²) in [5.74, 6) is 0.187. The number of ether oxygens (including phenoxy) is 1. The van der Waals surface area contributed by atoms with Crippen molar-refractivity contribution < 1.29 is 21.6 Å². The highest BCUT2D eigenvalue weighted by molar-refractivity contribution is 9.10. The summed E-state index contributed by atoms with van der Waals surface area (Å²) < 4.78 is 61.5. The van der Waals surface area contributed by atoms with Crippen LogP contribution in [0.1, 0.15) is 0 Å². The predicted octanol–water partition coefficient (Wildman–Crippen LogP) is 4.06. The van der Waals surface area contributed by atoms with Gasteiger partial charge in [-0.05, 0) is 54.6 Å². The van der Waals surface area contributed by atoms with E-state index in [1.54, 1.807) is 42.5 Å². The van der Waals surface area contributed by atoms with Crippen LogP contribution in [-0.2, 0) is 20.0 Å². The van der Waals surface area contributed by atoms with Crippen LogP contribution < -0.4 is 14.2 Å². The molecule has 3 aromatic rings. The lowest BCUT2D eigenvalue weighted by molar-refractivity contribution is 0.416. The van der Waals surface area contributed by atoms with Gasteiger partial charge in [0.25, 0.3) is 20.0 Å². The van der Waals surface area contributed by atoms with E-state index in [-0.39, 0.29) is 21.2 Å². The summed E-state index contributed by atoms with van der Waals surface area (Å²) in [5.41, 5.74) is 0.380. The molecule has 0 spiro atoms. The predicted molar refractivity (Wildman–Crippen MR) is 115 cm³/mol. The van der Waals surface area contributed by atoms with E-state index in [4.69, 9.17) is 4.74 Å². The molecule has 0 aliphatic rings. The second-order valence-corrected chi connectivity index (χ2v) is 10.2. The number of anilines is 2. The first-order valence-corrected chi connectivity index (χ1v) is 12.0. The minimum absolute atomic E-state index is 0.00929. The van der Waals surface area contributed by atoms with E-state index in [1.165, 1.54) is 37.4 Å². The van der Waals surface area contributed by atoms with Crippen molar-refractivity contribution in [2.24, 2.45) is 0 Å². The van der Waals surface area contributed by atoms with Crippen LogP contribution in [0.5, 0.6) is 5.75 Å². The number of sulfonamides is 2. The molecule has 0 radical (unpaired) electrons. The Balaban J connectivity index is 1.95. The summed E-state index contributed by atoms with van der Waals surface area (Å²) in [6.45, 7) is 0. The molecule has 29 heavy (non-hydrogen) atoms. The second-order valence-electron chi connectivity index (χ2n) is 5.89. The number of halogens is 1. The summed E-state index contributed by atoms with van der Waals surface area (Å²) in [4.78, 5) is -0.0738. The summed E-state index contributed by atoms with van der Waals surface area (Å²) in [5, 5.41) is 0. The van der Waals surface area contributed by atoms with Gasteiger partial charge in [0.15, 0.2) is 0 Å². The van der Waals surface area contributed by atoms with Gasteiger partial charge in [0.1, 0.15) is 5.75 Å². The highest BCUT2D eigenvalue weighted by Gasteiger charge is 2.20. The Morgan fingerprint density at radius 1 is 0.759 bits per heavy atom. The van der Waals surface area contributed by atoms with Crippen LogP contribution in [0.2, 0.25) is 0 Å². The maximum atomic E-state index is 12.7. The van der Waals surface area contributed by atoms with E-state index in [1.807, 2.05) is 0 Å². The van der Waals surface area contributed by atoms with E-state index in [0.29, 0.717) is 5.69 Å². The molecule has 0 saturated heterocycles. The Morgan fingerprint density at radius 3 is 2.00 bits per heavy atom. The first-order chi connectivity index (χ1) is 13.7. The van der Waals surface area contributed by atoms with Crippen LogP contribution in [0, 0.1) is 0 Å². The number of benzene rings is 3. The van der Waals surface area contributed by atoms with Crippen LogP contribution in [-0.4, -0.2) is 23.9 Å². The highest BCUT2D eigenvalue weighted by Crippen LogP contribution is 2.30. The van der Waals surface area contributed by atoms with Crippen molar-refractivity contribution in [3.05, 3.63) is 77.3 Å². The lowest BCUT2D eigenvalue weighted by Crippen LogP contribution is -2.16. The molecule has 7 nitrogen and oxygen atoms in total. The van der Waals surface area contributed by atoms with Crippen LogP contribution in [0.25, 0.3) is 0 Å². The van der Waals surface area contributed by atoms with Gasteiger partial charge in [-0.15, -0.1) is 0 Å². The summed E-state index contributed by atoms with van der Waals surface area (Å²) in [6, 6.07) is 18.3. The summed E-state index contributed by atoms with van der Waals surface area (Å²) >= 11 is 3.29. The maximum Gasteiger partial charge on any atom is 0.262 e. The lowest BCUT2D eigenvalue weighted by Gasteiger charge is -2.14. The Morgan fingerprint density at radius 2 is 1.38 bits per heavy atom. The van der Waals surface area contributed by atoms with Gasteiger partial charge in [0.05, 0.1) is 22.6 Å². The Hall–Kier alpha value is -2.56. The van der Waals surface area contributed by atoms with Gasteiger partial charge in [-0.25, -0.2) is 16.8 Å². The number of hydrogen-bond acceptors (Lipinski definition) is 5. The van der Waals surface area contributed by atoms with E-state index >= 15 is 0 Å². The van der Waals surface area contributed by atoms with E-state index in [9.17, 15) is 16.8 Å². The van der Waals surface area contributed by atoms with Gasteiger partial charge in [-0.1, -0.05) is 34.1 Å². The molecule has 2 N–H and O–H groups in total. The molecule has 3 rings (SSSR count). The Kier molecular flexibility index (Phi) is 6.15. The molecule has 0 heterocycles. The van der Waals surface area contributed by atoms with Crippen LogP contribution >= 0.6 is 15.9 Å². The molecule has 0 aliphatic carbocycles. The average molecular weight is 497 g/mol. The molecule has 0 aliphatic heterocycles. The molecular weight excluding hydrogens is 480 g/mol. The number of rotatable bonds is 7. The first kappa shape index (κ1) is 21.2. The average Bonchev–Trinajstić information content (AvgIpc) is 2.70. The van der Waals surface area contributed by atoms with Gasteiger partial charge in [-0.2, -0.15) is 0 Å². The zero-order valence-corrected chi connectivity index (χ0v) is 18.4. The number of hydrogen-bond donors (Lipinski definition) is 2. The van der Waals surface area contributed by atoms with Crippen molar-refractivity contribution in [2.45, 2.75) is 9.79 Å². The van der Waals surface area contributed by atoms with Gasteiger partial charge < -0.3 is 4.74 Å². The van der Waals surface area contributed by atoms with E-state index in [0.717, 1.165) is 4.47 Å². The van der Waals surface area contributed by atoms with Crippen LogP contribution in [0.4, 0.5) is 11.4 Å². The topological polar surface area (TPSA) is 102 Å². The Labute approximate surface area is 178 Å². The number of nitrogens with one attached hydrogen (secondary N) is 2. The summed E-state index contributed by atoms with van der Waals surface area (Å²) in [6.07, 6.45) is 0. The molecule has 3 aromatic carbocycles.